The molecule has 1 aliphatic heterocycles. The number of rotatable bonds is 4. The summed E-state index contributed by atoms with van der Waals surface area (Å²) in [4.78, 5) is 10.5. The molecule has 86 valence electrons. The number of hydrogen-bond donors (Lipinski definition) is 2. The Morgan fingerprint density at radius 2 is 2.31 bits per heavy atom. The Labute approximate surface area is 95.5 Å². The van der Waals surface area contributed by atoms with Gasteiger partial charge in [0, 0.05) is 13.0 Å². The van der Waals surface area contributed by atoms with Gasteiger partial charge in [0.1, 0.15) is 0 Å². The van der Waals surface area contributed by atoms with Gasteiger partial charge in [0.25, 0.3) is 0 Å². The van der Waals surface area contributed by atoms with Crippen LogP contribution in [0.5, 0.6) is 0 Å². The van der Waals surface area contributed by atoms with E-state index in [1.54, 1.807) is 0 Å². The van der Waals surface area contributed by atoms with Crippen molar-refractivity contribution in [3.63, 3.8) is 0 Å². The molecule has 0 aliphatic carbocycles. The quantitative estimate of drug-likeness (QED) is 0.811. The summed E-state index contributed by atoms with van der Waals surface area (Å²) in [6, 6.07) is 6.38. The van der Waals surface area contributed by atoms with E-state index in [1.807, 2.05) is 0 Å². The molecule has 0 radical (unpaired) electrons. The lowest BCUT2D eigenvalue weighted by atomic mass is 9.93. The van der Waals surface area contributed by atoms with E-state index >= 15 is 0 Å². The van der Waals surface area contributed by atoms with Crippen molar-refractivity contribution in [1.29, 1.82) is 0 Å². The predicted octanol–water partition coefficient (Wildman–Crippen LogP) is 1.74. The lowest BCUT2D eigenvalue weighted by molar-refractivity contribution is -0.137. The van der Waals surface area contributed by atoms with Crippen LogP contribution in [0.3, 0.4) is 0 Å². The van der Waals surface area contributed by atoms with Crippen LogP contribution in [0, 0.1) is 0 Å². The van der Waals surface area contributed by atoms with E-state index in [1.165, 1.54) is 16.7 Å². The number of hydrogen-bond acceptors (Lipinski definition) is 2. The van der Waals surface area contributed by atoms with Crippen LogP contribution in [0.4, 0.5) is 0 Å². The van der Waals surface area contributed by atoms with E-state index in [4.69, 9.17) is 5.11 Å². The second-order valence-corrected chi connectivity index (χ2v) is 4.23. The molecule has 0 amide bonds. The average molecular weight is 219 g/mol. The zero-order valence-corrected chi connectivity index (χ0v) is 9.33. The summed E-state index contributed by atoms with van der Waals surface area (Å²) in [6.45, 7) is 1.98. The molecule has 0 spiro atoms. The highest BCUT2D eigenvalue weighted by Crippen LogP contribution is 2.20. The zero-order valence-electron chi connectivity index (χ0n) is 9.33. The summed E-state index contributed by atoms with van der Waals surface area (Å²) in [6.07, 6.45) is 2.95. The van der Waals surface area contributed by atoms with E-state index in [0.717, 1.165) is 32.4 Å². The minimum atomic E-state index is -0.706. The monoisotopic (exact) mass is 219 g/mol. The molecule has 1 heterocycles. The number of benzene rings is 1. The van der Waals surface area contributed by atoms with Gasteiger partial charge in [0.2, 0.25) is 0 Å². The third-order valence-corrected chi connectivity index (χ3v) is 3.08. The van der Waals surface area contributed by atoms with Crippen LogP contribution < -0.4 is 5.32 Å². The SMILES string of the molecule is O=C(O)CCCc1cccc2c1CNCC2. The van der Waals surface area contributed by atoms with Crippen molar-refractivity contribution in [3.05, 3.63) is 34.9 Å². The van der Waals surface area contributed by atoms with Crippen LogP contribution in [0.15, 0.2) is 18.2 Å². The fraction of sp³-hybridized carbons (Fsp3) is 0.462. The first-order valence-corrected chi connectivity index (χ1v) is 5.79. The first-order valence-electron chi connectivity index (χ1n) is 5.79. The summed E-state index contributed by atoms with van der Waals surface area (Å²) < 4.78 is 0. The topological polar surface area (TPSA) is 49.3 Å². The molecule has 1 aromatic carbocycles. The van der Waals surface area contributed by atoms with Crippen molar-refractivity contribution in [3.8, 4) is 0 Å². The van der Waals surface area contributed by atoms with Gasteiger partial charge >= 0.3 is 5.97 Å². The predicted molar refractivity (Wildman–Crippen MR) is 62.4 cm³/mol. The lowest BCUT2D eigenvalue weighted by Crippen LogP contribution is -2.24. The maximum atomic E-state index is 10.5. The number of aryl methyl sites for hydroxylation is 1. The molecule has 0 bridgehead atoms. The molecule has 3 heteroatoms. The van der Waals surface area contributed by atoms with Crippen molar-refractivity contribution >= 4 is 5.97 Å². The molecule has 2 rings (SSSR count). The first-order chi connectivity index (χ1) is 7.77. The Balaban J connectivity index is 2.05. The molecular weight excluding hydrogens is 202 g/mol. The smallest absolute Gasteiger partial charge is 0.303 e. The van der Waals surface area contributed by atoms with Crippen LogP contribution in [-0.2, 0) is 24.2 Å². The largest absolute Gasteiger partial charge is 0.481 e. The summed E-state index contributed by atoms with van der Waals surface area (Å²) in [5.74, 6) is -0.706. The van der Waals surface area contributed by atoms with Gasteiger partial charge in [-0.25, -0.2) is 0 Å². The van der Waals surface area contributed by atoms with Gasteiger partial charge in [0.05, 0.1) is 0 Å². The van der Waals surface area contributed by atoms with Crippen LogP contribution in [0.25, 0.3) is 0 Å². The summed E-state index contributed by atoms with van der Waals surface area (Å²) in [7, 11) is 0. The zero-order chi connectivity index (χ0) is 11.4. The van der Waals surface area contributed by atoms with Crippen LogP contribution in [0.1, 0.15) is 29.5 Å². The second kappa shape index (κ2) is 5.12. The van der Waals surface area contributed by atoms with Gasteiger partial charge in [-0.2, -0.15) is 0 Å². The van der Waals surface area contributed by atoms with Crippen molar-refractivity contribution < 1.29 is 9.90 Å². The number of nitrogens with one attached hydrogen (secondary N) is 1. The highest BCUT2D eigenvalue weighted by atomic mass is 16.4. The molecule has 3 nitrogen and oxygen atoms in total. The molecule has 2 N–H and O–H groups in total. The van der Waals surface area contributed by atoms with E-state index < -0.39 is 5.97 Å². The Kier molecular flexibility index (Phi) is 3.57. The Hall–Kier alpha value is -1.35. The van der Waals surface area contributed by atoms with E-state index in [2.05, 4.69) is 23.5 Å². The Morgan fingerprint density at radius 1 is 1.44 bits per heavy atom. The summed E-state index contributed by atoms with van der Waals surface area (Å²) >= 11 is 0. The molecule has 1 aromatic rings. The summed E-state index contributed by atoms with van der Waals surface area (Å²) in [5.41, 5.74) is 4.12. The minimum absolute atomic E-state index is 0.261. The highest BCUT2D eigenvalue weighted by molar-refractivity contribution is 5.66. The molecule has 0 atom stereocenters. The standard InChI is InChI=1S/C13H17NO2/c15-13(16)6-2-5-10-3-1-4-11-7-8-14-9-12(10)11/h1,3-4,14H,2,5-9H2,(H,15,16). The van der Waals surface area contributed by atoms with Gasteiger partial charge < -0.3 is 10.4 Å². The summed E-state index contributed by atoms with van der Waals surface area (Å²) in [5, 5.41) is 12.0. The molecule has 0 aromatic heterocycles. The molecule has 0 unspecified atom stereocenters. The number of carboxylic acids is 1. The van der Waals surface area contributed by atoms with Gasteiger partial charge in [-0.05, 0) is 42.5 Å². The fourth-order valence-electron chi connectivity index (χ4n) is 2.25. The third kappa shape index (κ3) is 2.61. The first kappa shape index (κ1) is 11.1. The molecule has 0 saturated heterocycles. The van der Waals surface area contributed by atoms with Crippen molar-refractivity contribution in [1.82, 2.24) is 5.32 Å². The average Bonchev–Trinajstić information content (AvgIpc) is 2.29. The Morgan fingerprint density at radius 3 is 3.12 bits per heavy atom. The molecule has 0 fully saturated rings. The van der Waals surface area contributed by atoms with Crippen molar-refractivity contribution in [2.45, 2.75) is 32.2 Å². The third-order valence-electron chi connectivity index (χ3n) is 3.08. The van der Waals surface area contributed by atoms with Crippen molar-refractivity contribution in [2.24, 2.45) is 0 Å². The molecule has 1 aliphatic rings. The second-order valence-electron chi connectivity index (χ2n) is 4.23. The fourth-order valence-corrected chi connectivity index (χ4v) is 2.25. The van der Waals surface area contributed by atoms with Crippen LogP contribution in [-0.4, -0.2) is 17.6 Å². The number of carboxylic acid groups (broad SMARTS) is 1. The highest BCUT2D eigenvalue weighted by Gasteiger charge is 2.12. The van der Waals surface area contributed by atoms with Crippen LogP contribution >= 0.6 is 0 Å². The lowest BCUT2D eigenvalue weighted by Gasteiger charge is -2.20. The van der Waals surface area contributed by atoms with Crippen LogP contribution in [0.2, 0.25) is 0 Å². The molecule has 16 heavy (non-hydrogen) atoms. The maximum Gasteiger partial charge on any atom is 0.303 e. The number of aliphatic carboxylic acids is 1. The van der Waals surface area contributed by atoms with Gasteiger partial charge in [-0.15, -0.1) is 0 Å². The minimum Gasteiger partial charge on any atom is -0.481 e. The Bertz CT molecular complexity index is 388. The molecular formula is C13H17NO2. The van der Waals surface area contributed by atoms with Gasteiger partial charge in [0.15, 0.2) is 0 Å². The number of fused-ring (bicyclic) bond motifs is 1. The normalized spacial score (nSPS) is 14.5. The van der Waals surface area contributed by atoms with E-state index in [-0.39, 0.29) is 6.42 Å². The molecule has 0 saturated carbocycles. The van der Waals surface area contributed by atoms with E-state index in [0.29, 0.717) is 0 Å². The number of carbonyl (C=O) groups is 1. The van der Waals surface area contributed by atoms with E-state index in [9.17, 15) is 4.79 Å². The van der Waals surface area contributed by atoms with Gasteiger partial charge in [-0.1, -0.05) is 18.2 Å². The van der Waals surface area contributed by atoms with Crippen molar-refractivity contribution in [2.75, 3.05) is 6.54 Å². The maximum absolute atomic E-state index is 10.5. The van der Waals surface area contributed by atoms with Gasteiger partial charge in [-0.3, -0.25) is 4.79 Å².